The molecule has 0 unspecified atom stereocenters. The van der Waals surface area contributed by atoms with Crippen LogP contribution in [-0.2, 0) is 7.05 Å². The van der Waals surface area contributed by atoms with Gasteiger partial charge in [0.1, 0.15) is 6.20 Å². The van der Waals surface area contributed by atoms with Crippen molar-refractivity contribution in [2.24, 2.45) is 7.05 Å². The number of aryl methyl sites for hydroxylation is 1. The minimum atomic E-state index is -0.561. The van der Waals surface area contributed by atoms with E-state index in [9.17, 15) is 14.9 Å². The molecule has 0 saturated carbocycles. The van der Waals surface area contributed by atoms with E-state index in [4.69, 9.17) is 0 Å². The van der Waals surface area contributed by atoms with Crippen molar-refractivity contribution in [2.45, 2.75) is 32.2 Å². The number of carbonyl (C=O) groups is 1. The molecule has 7 heteroatoms. The average molecular weight is 252 g/mol. The first kappa shape index (κ1) is 12.5. The second-order valence-electron chi connectivity index (χ2n) is 4.60. The van der Waals surface area contributed by atoms with Crippen LogP contribution >= 0.6 is 0 Å². The second-order valence-corrected chi connectivity index (χ2v) is 4.60. The molecule has 7 nitrogen and oxygen atoms in total. The highest BCUT2D eigenvalue weighted by Gasteiger charge is 2.32. The summed E-state index contributed by atoms with van der Waals surface area (Å²) in [6.45, 7) is 2.63. The Balaban J connectivity index is 2.33. The molecule has 1 fully saturated rings. The van der Waals surface area contributed by atoms with Gasteiger partial charge in [-0.25, -0.2) is 0 Å². The summed E-state index contributed by atoms with van der Waals surface area (Å²) in [5.74, 6) is -0.297. The summed E-state index contributed by atoms with van der Waals surface area (Å²) in [5.41, 5.74) is -0.158. The van der Waals surface area contributed by atoms with Gasteiger partial charge in [-0.1, -0.05) is 0 Å². The summed E-state index contributed by atoms with van der Waals surface area (Å²) in [4.78, 5) is 24.4. The summed E-state index contributed by atoms with van der Waals surface area (Å²) in [6.07, 6.45) is 4.11. The van der Waals surface area contributed by atoms with Crippen LogP contribution < -0.4 is 0 Å². The molecule has 0 N–H and O–H groups in total. The van der Waals surface area contributed by atoms with Crippen molar-refractivity contribution < 1.29 is 9.72 Å². The highest BCUT2D eigenvalue weighted by molar-refractivity contribution is 5.96. The predicted molar refractivity (Wildman–Crippen MR) is 64.2 cm³/mol. The van der Waals surface area contributed by atoms with Gasteiger partial charge in [-0.3, -0.25) is 19.6 Å². The third-order valence-electron chi connectivity index (χ3n) is 3.38. The molecule has 0 spiro atoms. The lowest BCUT2D eigenvalue weighted by molar-refractivity contribution is -0.385. The number of likely N-dealkylation sites (tertiary alicyclic amines) is 1. The fourth-order valence-electron chi connectivity index (χ4n) is 2.34. The molecule has 0 aliphatic carbocycles. The molecule has 1 amide bonds. The number of hydrogen-bond donors (Lipinski definition) is 0. The zero-order valence-electron chi connectivity index (χ0n) is 10.5. The largest absolute Gasteiger partial charge is 0.334 e. The maximum Gasteiger partial charge on any atom is 0.320 e. The topological polar surface area (TPSA) is 81.3 Å². The molecule has 1 saturated heterocycles. The van der Waals surface area contributed by atoms with Gasteiger partial charge < -0.3 is 4.90 Å². The quantitative estimate of drug-likeness (QED) is 0.587. The van der Waals surface area contributed by atoms with E-state index in [1.165, 1.54) is 4.68 Å². The predicted octanol–water partition coefficient (Wildman–Crippen LogP) is 1.34. The Hall–Kier alpha value is -1.92. The molecule has 98 valence electrons. The van der Waals surface area contributed by atoms with E-state index in [-0.39, 0.29) is 23.3 Å². The standard InChI is InChI=1S/C11H16N4O3/c1-8-5-3-4-6-14(8)11(16)10-9(15(17)18)7-12-13(10)2/h7-8H,3-6H2,1-2H3/t8-/m1/s1. The molecule has 1 aliphatic rings. The van der Waals surface area contributed by atoms with Crippen LogP contribution in [0.1, 0.15) is 36.7 Å². The Kier molecular flexibility index (Phi) is 3.31. The van der Waals surface area contributed by atoms with Gasteiger partial charge >= 0.3 is 5.69 Å². The number of carbonyl (C=O) groups excluding carboxylic acids is 1. The first-order valence-electron chi connectivity index (χ1n) is 5.99. The SMILES string of the molecule is C[C@@H]1CCCCN1C(=O)c1c([N+](=O)[O-])cnn1C. The van der Waals surface area contributed by atoms with Crippen molar-refractivity contribution in [2.75, 3.05) is 6.54 Å². The van der Waals surface area contributed by atoms with Crippen LogP contribution in [0.25, 0.3) is 0 Å². The monoisotopic (exact) mass is 252 g/mol. The van der Waals surface area contributed by atoms with E-state index >= 15 is 0 Å². The van der Waals surface area contributed by atoms with E-state index in [1.807, 2.05) is 6.92 Å². The van der Waals surface area contributed by atoms with Crippen LogP contribution in [0.15, 0.2) is 6.20 Å². The lowest BCUT2D eigenvalue weighted by atomic mass is 10.0. The molecule has 2 heterocycles. The van der Waals surface area contributed by atoms with E-state index in [1.54, 1.807) is 11.9 Å². The molecule has 1 atom stereocenters. The highest BCUT2D eigenvalue weighted by atomic mass is 16.6. The molecular formula is C11H16N4O3. The summed E-state index contributed by atoms with van der Waals surface area (Å²) < 4.78 is 1.28. The summed E-state index contributed by atoms with van der Waals surface area (Å²) in [7, 11) is 1.55. The number of rotatable bonds is 2. The van der Waals surface area contributed by atoms with Crippen molar-refractivity contribution in [3.8, 4) is 0 Å². The molecule has 0 radical (unpaired) electrons. The fraction of sp³-hybridized carbons (Fsp3) is 0.636. The Morgan fingerprint density at radius 3 is 2.89 bits per heavy atom. The normalized spacial score (nSPS) is 19.9. The van der Waals surface area contributed by atoms with E-state index in [2.05, 4.69) is 5.10 Å². The number of aromatic nitrogens is 2. The van der Waals surface area contributed by atoms with E-state index in [0.717, 1.165) is 25.5 Å². The van der Waals surface area contributed by atoms with E-state index in [0.29, 0.717) is 6.54 Å². The van der Waals surface area contributed by atoms with Crippen molar-refractivity contribution in [1.29, 1.82) is 0 Å². The zero-order chi connectivity index (χ0) is 13.3. The van der Waals surface area contributed by atoms with Gasteiger partial charge in [-0.05, 0) is 26.2 Å². The molecule has 18 heavy (non-hydrogen) atoms. The van der Waals surface area contributed by atoms with Gasteiger partial charge in [0.05, 0.1) is 4.92 Å². The van der Waals surface area contributed by atoms with Gasteiger partial charge in [0.15, 0.2) is 0 Å². The van der Waals surface area contributed by atoms with Gasteiger partial charge in [-0.2, -0.15) is 5.10 Å². The van der Waals surface area contributed by atoms with E-state index < -0.39 is 4.92 Å². The molecule has 0 bridgehead atoms. The van der Waals surface area contributed by atoms with Crippen LogP contribution in [0, 0.1) is 10.1 Å². The molecule has 1 aromatic rings. The Bertz CT molecular complexity index is 483. The van der Waals surface area contributed by atoms with Crippen LogP contribution in [-0.4, -0.2) is 38.1 Å². The minimum Gasteiger partial charge on any atom is -0.334 e. The number of amides is 1. The molecule has 1 aromatic heterocycles. The Labute approximate surface area is 105 Å². The van der Waals surface area contributed by atoms with Crippen LogP contribution in [0.5, 0.6) is 0 Å². The minimum absolute atomic E-state index is 0.0637. The van der Waals surface area contributed by atoms with Gasteiger partial charge in [0.25, 0.3) is 5.91 Å². The molecule has 2 rings (SSSR count). The Morgan fingerprint density at radius 1 is 1.56 bits per heavy atom. The summed E-state index contributed by atoms with van der Waals surface area (Å²) in [6, 6.07) is 0.126. The Morgan fingerprint density at radius 2 is 2.28 bits per heavy atom. The van der Waals surface area contributed by atoms with Gasteiger partial charge in [-0.15, -0.1) is 0 Å². The highest BCUT2D eigenvalue weighted by Crippen LogP contribution is 2.23. The third-order valence-corrected chi connectivity index (χ3v) is 3.38. The fourth-order valence-corrected chi connectivity index (χ4v) is 2.34. The number of piperidine rings is 1. The first-order chi connectivity index (χ1) is 8.52. The van der Waals surface area contributed by atoms with Crippen molar-refractivity contribution in [1.82, 2.24) is 14.7 Å². The maximum absolute atomic E-state index is 12.4. The maximum atomic E-state index is 12.4. The molecule has 1 aliphatic heterocycles. The molecular weight excluding hydrogens is 236 g/mol. The second kappa shape index (κ2) is 4.75. The van der Waals surface area contributed by atoms with Crippen molar-refractivity contribution >= 4 is 11.6 Å². The average Bonchev–Trinajstić information content (AvgIpc) is 2.71. The lowest BCUT2D eigenvalue weighted by Crippen LogP contribution is -2.42. The lowest BCUT2D eigenvalue weighted by Gasteiger charge is -2.33. The zero-order valence-corrected chi connectivity index (χ0v) is 10.5. The number of nitrogens with zero attached hydrogens (tertiary/aromatic N) is 4. The summed E-state index contributed by atoms with van der Waals surface area (Å²) >= 11 is 0. The van der Waals surface area contributed by atoms with Crippen molar-refractivity contribution in [3.63, 3.8) is 0 Å². The first-order valence-corrected chi connectivity index (χ1v) is 5.99. The van der Waals surface area contributed by atoms with Crippen molar-refractivity contribution in [3.05, 3.63) is 22.0 Å². The van der Waals surface area contributed by atoms with Crippen LogP contribution in [0.2, 0.25) is 0 Å². The smallest absolute Gasteiger partial charge is 0.320 e. The third kappa shape index (κ3) is 2.07. The van der Waals surface area contributed by atoms with Crippen LogP contribution in [0.3, 0.4) is 0 Å². The van der Waals surface area contributed by atoms with Gasteiger partial charge in [0.2, 0.25) is 5.69 Å². The molecule has 0 aromatic carbocycles. The number of nitro groups is 1. The van der Waals surface area contributed by atoms with Gasteiger partial charge in [0, 0.05) is 19.6 Å². The van der Waals surface area contributed by atoms with Crippen LogP contribution in [0.4, 0.5) is 5.69 Å². The summed E-state index contributed by atoms with van der Waals surface area (Å²) in [5, 5.41) is 14.7. The number of hydrogen-bond acceptors (Lipinski definition) is 4.